The van der Waals surface area contributed by atoms with Crippen LogP contribution in [0.25, 0.3) is 5.69 Å². The maximum Gasteiger partial charge on any atom is 0.293 e. The first kappa shape index (κ1) is 20.9. The maximum atomic E-state index is 14.7. The van der Waals surface area contributed by atoms with Crippen LogP contribution in [0.4, 0.5) is 4.39 Å². The summed E-state index contributed by atoms with van der Waals surface area (Å²) in [6.45, 7) is 0.945. The summed E-state index contributed by atoms with van der Waals surface area (Å²) >= 11 is 12.8. The molecule has 1 amide bonds. The first-order valence-electron chi connectivity index (χ1n) is 9.67. The first-order chi connectivity index (χ1) is 15.4. The Kier molecular flexibility index (Phi) is 5.11. The molecule has 0 radical (unpaired) electrons. The molecule has 32 heavy (non-hydrogen) atoms. The molecule has 2 aliphatic heterocycles. The number of amides is 1. The SMILES string of the molecule is COC1CN(C(=O)c2nc3n(n2)-c2ccc(Cl)c(Cl)c2C(c2cc(O)ccc2F)=NC3)C1. The third kappa shape index (κ3) is 3.33. The van der Waals surface area contributed by atoms with Gasteiger partial charge in [-0.15, -0.1) is 5.10 Å². The second-order valence-corrected chi connectivity index (χ2v) is 8.20. The molecule has 8 nitrogen and oxygen atoms in total. The van der Waals surface area contributed by atoms with Crippen LogP contribution in [-0.2, 0) is 11.3 Å². The summed E-state index contributed by atoms with van der Waals surface area (Å²) in [5, 5.41) is 14.7. The lowest BCUT2D eigenvalue weighted by Gasteiger charge is -2.37. The molecular formula is C21H16Cl2FN5O3. The molecule has 2 aliphatic rings. The van der Waals surface area contributed by atoms with E-state index < -0.39 is 5.82 Å². The number of aromatic hydroxyl groups is 1. The number of aromatic nitrogens is 3. The topological polar surface area (TPSA) is 92.8 Å². The van der Waals surface area contributed by atoms with E-state index in [9.17, 15) is 14.3 Å². The molecule has 1 saturated heterocycles. The van der Waals surface area contributed by atoms with Gasteiger partial charge < -0.3 is 14.7 Å². The van der Waals surface area contributed by atoms with Crippen molar-refractivity contribution in [2.24, 2.45) is 4.99 Å². The van der Waals surface area contributed by atoms with E-state index in [0.29, 0.717) is 30.2 Å². The minimum absolute atomic E-state index is 0.00501. The fourth-order valence-corrected chi connectivity index (χ4v) is 4.12. The molecule has 2 aromatic carbocycles. The predicted molar refractivity (Wildman–Crippen MR) is 115 cm³/mol. The van der Waals surface area contributed by atoms with Gasteiger partial charge in [0.05, 0.1) is 34.1 Å². The van der Waals surface area contributed by atoms with Crippen LogP contribution in [0.15, 0.2) is 35.3 Å². The van der Waals surface area contributed by atoms with Crippen molar-refractivity contribution in [2.75, 3.05) is 20.2 Å². The minimum Gasteiger partial charge on any atom is -0.508 e. The van der Waals surface area contributed by atoms with Crippen LogP contribution in [0.5, 0.6) is 5.75 Å². The Morgan fingerprint density at radius 2 is 2.03 bits per heavy atom. The molecule has 1 N–H and O–H groups in total. The zero-order valence-corrected chi connectivity index (χ0v) is 18.2. The van der Waals surface area contributed by atoms with Gasteiger partial charge in [0, 0.05) is 31.3 Å². The smallest absolute Gasteiger partial charge is 0.293 e. The lowest BCUT2D eigenvalue weighted by Crippen LogP contribution is -2.54. The van der Waals surface area contributed by atoms with Gasteiger partial charge in [-0.05, 0) is 30.3 Å². The summed E-state index contributed by atoms with van der Waals surface area (Å²) in [6, 6.07) is 6.88. The molecule has 5 rings (SSSR count). The number of methoxy groups -OCH3 is 1. The summed E-state index contributed by atoms with van der Waals surface area (Å²) in [5.74, 6) is -0.622. The van der Waals surface area contributed by atoms with Gasteiger partial charge in [-0.3, -0.25) is 9.79 Å². The van der Waals surface area contributed by atoms with E-state index in [1.165, 1.54) is 16.8 Å². The number of fused-ring (bicyclic) bond motifs is 3. The third-order valence-corrected chi connectivity index (χ3v) is 6.26. The van der Waals surface area contributed by atoms with Crippen molar-refractivity contribution in [3.8, 4) is 11.4 Å². The van der Waals surface area contributed by atoms with Crippen molar-refractivity contribution in [1.82, 2.24) is 19.7 Å². The van der Waals surface area contributed by atoms with Crippen molar-refractivity contribution in [3.63, 3.8) is 0 Å². The van der Waals surface area contributed by atoms with Crippen LogP contribution in [0, 0.1) is 5.82 Å². The molecule has 0 aliphatic carbocycles. The molecule has 0 unspecified atom stereocenters. The summed E-state index contributed by atoms with van der Waals surface area (Å²) < 4.78 is 21.3. The number of nitrogens with zero attached hydrogens (tertiary/aromatic N) is 5. The highest BCUT2D eigenvalue weighted by molar-refractivity contribution is 6.45. The van der Waals surface area contributed by atoms with E-state index in [4.69, 9.17) is 27.9 Å². The second-order valence-electron chi connectivity index (χ2n) is 7.42. The van der Waals surface area contributed by atoms with Gasteiger partial charge in [0.25, 0.3) is 5.91 Å². The van der Waals surface area contributed by atoms with Crippen LogP contribution < -0.4 is 0 Å². The Bertz CT molecular complexity index is 1290. The van der Waals surface area contributed by atoms with Crippen LogP contribution in [0.1, 0.15) is 27.6 Å². The number of likely N-dealkylation sites (tertiary alicyclic amines) is 1. The standard InChI is InChI=1S/C21H16Cl2FN5O3/c1-32-11-8-28(9-11)21(31)20-26-16-7-25-19(12-6-10(30)2-4-14(12)24)17-15(29(16)27-20)5-3-13(22)18(17)23/h2-6,11,30H,7-9H2,1H3. The number of carbonyl (C=O) groups is 1. The van der Waals surface area contributed by atoms with Gasteiger partial charge in [-0.25, -0.2) is 14.1 Å². The number of carbonyl (C=O) groups excluding carboxylic acids is 1. The fourth-order valence-electron chi connectivity index (χ4n) is 3.71. The Hall–Kier alpha value is -3.01. The zero-order chi connectivity index (χ0) is 22.6. The third-order valence-electron chi connectivity index (χ3n) is 5.46. The second kappa shape index (κ2) is 7.84. The van der Waals surface area contributed by atoms with Crippen LogP contribution in [0.2, 0.25) is 10.0 Å². The van der Waals surface area contributed by atoms with Crippen molar-refractivity contribution in [1.29, 1.82) is 0 Å². The number of halogens is 3. The number of ether oxygens (including phenoxy) is 1. The normalized spacial score (nSPS) is 15.5. The van der Waals surface area contributed by atoms with Gasteiger partial charge in [-0.2, -0.15) is 0 Å². The van der Waals surface area contributed by atoms with Gasteiger partial charge in [0.15, 0.2) is 5.82 Å². The number of phenols is 1. The van der Waals surface area contributed by atoms with Crippen LogP contribution in [-0.4, -0.2) is 62.7 Å². The highest BCUT2D eigenvalue weighted by Crippen LogP contribution is 2.36. The summed E-state index contributed by atoms with van der Waals surface area (Å²) in [7, 11) is 1.60. The van der Waals surface area contributed by atoms with E-state index in [2.05, 4.69) is 15.1 Å². The van der Waals surface area contributed by atoms with E-state index in [-0.39, 0.29) is 51.5 Å². The maximum absolute atomic E-state index is 14.7. The number of hydrogen-bond donors (Lipinski definition) is 1. The van der Waals surface area contributed by atoms with Crippen molar-refractivity contribution in [2.45, 2.75) is 12.6 Å². The molecular weight excluding hydrogens is 460 g/mol. The number of hydrogen-bond acceptors (Lipinski definition) is 6. The summed E-state index contributed by atoms with van der Waals surface area (Å²) in [5.41, 5.74) is 1.03. The summed E-state index contributed by atoms with van der Waals surface area (Å²) in [6.07, 6.45) is 0.00501. The van der Waals surface area contributed by atoms with Crippen LogP contribution in [0.3, 0.4) is 0 Å². The quantitative estimate of drug-likeness (QED) is 0.627. The number of benzene rings is 2. The average Bonchev–Trinajstić information content (AvgIpc) is 3.10. The highest BCUT2D eigenvalue weighted by Gasteiger charge is 2.34. The molecule has 3 heterocycles. The molecule has 164 valence electrons. The van der Waals surface area contributed by atoms with Crippen LogP contribution >= 0.6 is 23.2 Å². The van der Waals surface area contributed by atoms with E-state index >= 15 is 0 Å². The Morgan fingerprint density at radius 3 is 2.78 bits per heavy atom. The monoisotopic (exact) mass is 475 g/mol. The fraction of sp³-hybridized carbons (Fsp3) is 0.238. The summed E-state index contributed by atoms with van der Waals surface area (Å²) in [4.78, 5) is 23.2. The molecule has 0 saturated carbocycles. The number of aliphatic imine (C=N–C) groups is 1. The largest absolute Gasteiger partial charge is 0.508 e. The lowest BCUT2D eigenvalue weighted by atomic mass is 9.99. The first-order valence-corrected chi connectivity index (χ1v) is 10.4. The van der Waals surface area contributed by atoms with Gasteiger partial charge in [-0.1, -0.05) is 23.2 Å². The van der Waals surface area contributed by atoms with Crippen molar-refractivity contribution >= 4 is 34.8 Å². The lowest BCUT2D eigenvalue weighted by molar-refractivity contribution is -0.0197. The predicted octanol–water partition coefficient (Wildman–Crippen LogP) is 3.24. The highest BCUT2D eigenvalue weighted by atomic mass is 35.5. The molecule has 3 aromatic rings. The molecule has 0 spiro atoms. The Morgan fingerprint density at radius 1 is 1.25 bits per heavy atom. The number of rotatable bonds is 3. The average molecular weight is 476 g/mol. The van der Waals surface area contributed by atoms with E-state index in [1.54, 1.807) is 24.1 Å². The zero-order valence-electron chi connectivity index (χ0n) is 16.7. The van der Waals surface area contributed by atoms with Crippen molar-refractivity contribution in [3.05, 3.63) is 69.0 Å². The molecule has 0 atom stereocenters. The van der Waals surface area contributed by atoms with Gasteiger partial charge >= 0.3 is 0 Å². The van der Waals surface area contributed by atoms with Gasteiger partial charge in [0.1, 0.15) is 11.6 Å². The molecule has 11 heteroatoms. The molecule has 1 fully saturated rings. The minimum atomic E-state index is -0.586. The Balaban J connectivity index is 1.63. The van der Waals surface area contributed by atoms with E-state index in [1.807, 2.05) is 0 Å². The molecule has 1 aromatic heterocycles. The van der Waals surface area contributed by atoms with Gasteiger partial charge in [0.2, 0.25) is 5.82 Å². The van der Waals surface area contributed by atoms with E-state index in [0.717, 1.165) is 6.07 Å². The van der Waals surface area contributed by atoms with Crippen molar-refractivity contribution < 1.29 is 19.0 Å². The molecule has 0 bridgehead atoms. The Labute approximate surface area is 191 Å². The number of phenolic OH excluding ortho intramolecular Hbond substituents is 1.